The van der Waals surface area contributed by atoms with Crippen LogP contribution in [0.15, 0.2) is 42.5 Å². The Bertz CT molecular complexity index is 1190. The molecule has 7 heteroatoms. The van der Waals surface area contributed by atoms with Crippen LogP contribution < -0.4 is 0 Å². The molecule has 0 bridgehead atoms. The van der Waals surface area contributed by atoms with E-state index < -0.39 is 23.8 Å². The Morgan fingerprint density at radius 2 is 1.68 bits per heavy atom. The Balaban J connectivity index is 1.49. The summed E-state index contributed by atoms with van der Waals surface area (Å²) in [5.41, 5.74) is 3.68. The Hall–Kier alpha value is -3.48. The van der Waals surface area contributed by atoms with E-state index in [2.05, 4.69) is 0 Å². The van der Waals surface area contributed by atoms with E-state index in [0.717, 1.165) is 29.5 Å². The number of carbonyl (C=O) groups is 4. The fourth-order valence-corrected chi connectivity index (χ4v) is 5.79. The van der Waals surface area contributed by atoms with Gasteiger partial charge in [0, 0.05) is 6.54 Å². The molecular formula is C27H28N2O5. The molecule has 1 saturated carbocycles. The topological polar surface area (TPSA) is 95.0 Å². The van der Waals surface area contributed by atoms with Gasteiger partial charge in [-0.15, -0.1) is 0 Å². The van der Waals surface area contributed by atoms with Gasteiger partial charge in [-0.2, -0.15) is 0 Å². The van der Waals surface area contributed by atoms with Crippen molar-refractivity contribution in [1.82, 2.24) is 9.80 Å². The van der Waals surface area contributed by atoms with Crippen LogP contribution in [0.3, 0.4) is 0 Å². The molecule has 2 heterocycles. The molecule has 1 N–H and O–H groups in total. The summed E-state index contributed by atoms with van der Waals surface area (Å²) in [5.74, 6) is -3.08. The lowest BCUT2D eigenvalue weighted by Gasteiger charge is -2.42. The van der Waals surface area contributed by atoms with E-state index in [1.165, 1.54) is 4.90 Å². The zero-order valence-electron chi connectivity index (χ0n) is 19.2. The van der Waals surface area contributed by atoms with Crippen LogP contribution in [0.2, 0.25) is 0 Å². The normalized spacial score (nSPS) is 24.1. The minimum Gasteiger partial charge on any atom is -0.481 e. The molecule has 176 valence electrons. The van der Waals surface area contributed by atoms with E-state index >= 15 is 0 Å². The van der Waals surface area contributed by atoms with Crippen LogP contribution in [-0.4, -0.2) is 51.7 Å². The lowest BCUT2D eigenvalue weighted by molar-refractivity contribution is -0.153. The maximum Gasteiger partial charge on any atom is 0.307 e. The van der Waals surface area contributed by atoms with Crippen molar-refractivity contribution in [3.05, 3.63) is 70.3 Å². The fourth-order valence-electron chi connectivity index (χ4n) is 5.79. The Kier molecular flexibility index (Phi) is 5.71. The SMILES string of the molecule is Cc1ccc2c(c1)C(=O)N(CC1c3ccccc3CCN1C(=O)C1CCCCC1C(=O)O)C2=O. The first-order valence-electron chi connectivity index (χ1n) is 11.9. The number of rotatable bonds is 4. The number of benzene rings is 2. The molecule has 3 aliphatic rings. The average molecular weight is 461 g/mol. The van der Waals surface area contributed by atoms with E-state index in [-0.39, 0.29) is 24.3 Å². The number of carbonyl (C=O) groups excluding carboxylic acids is 3. The first-order chi connectivity index (χ1) is 16.4. The van der Waals surface area contributed by atoms with Crippen LogP contribution >= 0.6 is 0 Å². The largest absolute Gasteiger partial charge is 0.481 e. The second-order valence-corrected chi connectivity index (χ2v) is 9.60. The maximum absolute atomic E-state index is 13.8. The van der Waals surface area contributed by atoms with Gasteiger partial charge in [-0.05, 0) is 49.4 Å². The number of carboxylic acids is 1. The minimum absolute atomic E-state index is 0.0542. The van der Waals surface area contributed by atoms with Crippen LogP contribution in [-0.2, 0) is 16.0 Å². The number of nitrogens with zero attached hydrogens (tertiary/aromatic N) is 2. The monoisotopic (exact) mass is 460 g/mol. The maximum atomic E-state index is 13.8. The van der Waals surface area contributed by atoms with Gasteiger partial charge in [-0.1, -0.05) is 48.7 Å². The second-order valence-electron chi connectivity index (χ2n) is 9.60. The molecule has 3 amide bonds. The van der Waals surface area contributed by atoms with Gasteiger partial charge in [-0.25, -0.2) is 0 Å². The number of fused-ring (bicyclic) bond motifs is 2. The van der Waals surface area contributed by atoms with E-state index in [1.807, 2.05) is 37.3 Å². The number of amides is 3. The Morgan fingerprint density at radius 3 is 2.44 bits per heavy atom. The predicted octanol–water partition coefficient (Wildman–Crippen LogP) is 3.61. The van der Waals surface area contributed by atoms with Crippen molar-refractivity contribution in [3.8, 4) is 0 Å². The van der Waals surface area contributed by atoms with Crippen LogP contribution in [0.25, 0.3) is 0 Å². The molecule has 1 fully saturated rings. The van der Waals surface area contributed by atoms with Crippen molar-refractivity contribution >= 4 is 23.7 Å². The molecule has 0 aromatic heterocycles. The Labute approximate surface area is 198 Å². The van der Waals surface area contributed by atoms with Gasteiger partial charge in [0.15, 0.2) is 0 Å². The van der Waals surface area contributed by atoms with Crippen molar-refractivity contribution in [2.45, 2.75) is 45.1 Å². The predicted molar refractivity (Wildman–Crippen MR) is 124 cm³/mol. The molecule has 2 aromatic rings. The molecule has 1 aliphatic carbocycles. The first-order valence-corrected chi connectivity index (χ1v) is 11.9. The van der Waals surface area contributed by atoms with Gasteiger partial charge >= 0.3 is 5.97 Å². The van der Waals surface area contributed by atoms with E-state index in [4.69, 9.17) is 0 Å². The number of hydrogen-bond acceptors (Lipinski definition) is 4. The summed E-state index contributed by atoms with van der Waals surface area (Å²) in [5, 5.41) is 9.73. The van der Waals surface area contributed by atoms with Crippen LogP contribution in [0.1, 0.15) is 69.1 Å². The lowest BCUT2D eigenvalue weighted by atomic mass is 9.77. The smallest absolute Gasteiger partial charge is 0.307 e. The van der Waals surface area contributed by atoms with Crippen molar-refractivity contribution < 1.29 is 24.3 Å². The lowest BCUT2D eigenvalue weighted by Crippen LogP contribution is -2.50. The van der Waals surface area contributed by atoms with Crippen LogP contribution in [0.4, 0.5) is 0 Å². The number of hydrogen-bond donors (Lipinski definition) is 1. The summed E-state index contributed by atoms with van der Waals surface area (Å²) in [6, 6.07) is 12.5. The molecule has 34 heavy (non-hydrogen) atoms. The van der Waals surface area contributed by atoms with E-state index in [0.29, 0.717) is 36.9 Å². The van der Waals surface area contributed by atoms with Gasteiger partial charge in [0.1, 0.15) is 0 Å². The molecule has 2 aromatic carbocycles. The molecule has 5 rings (SSSR count). The number of carboxylic acid groups (broad SMARTS) is 1. The number of aryl methyl sites for hydroxylation is 1. The number of aliphatic carboxylic acids is 1. The highest BCUT2D eigenvalue weighted by atomic mass is 16.4. The standard InChI is InChI=1S/C27H28N2O5/c1-16-10-11-20-22(14-16)26(32)29(25(20)31)15-23-18-7-3-2-6-17(18)12-13-28(23)24(30)19-8-4-5-9-21(19)27(33)34/h2-3,6-7,10-11,14,19,21,23H,4-5,8-9,12-13,15H2,1H3,(H,33,34). The summed E-state index contributed by atoms with van der Waals surface area (Å²) < 4.78 is 0. The van der Waals surface area contributed by atoms with Crippen molar-refractivity contribution in [2.75, 3.05) is 13.1 Å². The van der Waals surface area contributed by atoms with E-state index in [1.54, 1.807) is 17.0 Å². The summed E-state index contributed by atoms with van der Waals surface area (Å²) >= 11 is 0. The summed E-state index contributed by atoms with van der Waals surface area (Å²) in [6.07, 6.45) is 3.34. The second kappa shape index (κ2) is 8.70. The summed E-state index contributed by atoms with van der Waals surface area (Å²) in [7, 11) is 0. The van der Waals surface area contributed by atoms with Gasteiger partial charge in [0.05, 0.1) is 35.5 Å². The Morgan fingerprint density at radius 1 is 0.971 bits per heavy atom. The molecule has 3 atom stereocenters. The third-order valence-electron chi connectivity index (χ3n) is 7.58. The van der Waals surface area contributed by atoms with Crippen LogP contribution in [0, 0.1) is 18.8 Å². The third kappa shape index (κ3) is 3.69. The average Bonchev–Trinajstić information content (AvgIpc) is 3.07. The van der Waals surface area contributed by atoms with E-state index in [9.17, 15) is 24.3 Å². The first kappa shape index (κ1) is 22.3. The zero-order valence-corrected chi connectivity index (χ0v) is 19.2. The van der Waals surface area contributed by atoms with Crippen molar-refractivity contribution in [2.24, 2.45) is 11.8 Å². The summed E-state index contributed by atoms with van der Waals surface area (Å²) in [4.78, 5) is 54.9. The molecule has 3 unspecified atom stereocenters. The third-order valence-corrected chi connectivity index (χ3v) is 7.58. The zero-order chi connectivity index (χ0) is 24.0. The van der Waals surface area contributed by atoms with Crippen molar-refractivity contribution in [1.29, 1.82) is 0 Å². The van der Waals surface area contributed by atoms with Crippen LogP contribution in [0.5, 0.6) is 0 Å². The highest BCUT2D eigenvalue weighted by Crippen LogP contribution is 2.38. The van der Waals surface area contributed by atoms with Crippen molar-refractivity contribution in [3.63, 3.8) is 0 Å². The molecule has 2 aliphatic heterocycles. The molecule has 0 spiro atoms. The number of imide groups is 1. The highest BCUT2D eigenvalue weighted by molar-refractivity contribution is 6.21. The molecule has 7 nitrogen and oxygen atoms in total. The summed E-state index contributed by atoms with van der Waals surface area (Å²) in [6.45, 7) is 2.37. The highest BCUT2D eigenvalue weighted by Gasteiger charge is 2.44. The fraction of sp³-hybridized carbons (Fsp3) is 0.407. The van der Waals surface area contributed by atoms with Gasteiger partial charge < -0.3 is 10.0 Å². The molecule has 0 saturated heterocycles. The van der Waals surface area contributed by atoms with Gasteiger partial charge in [0.2, 0.25) is 5.91 Å². The quantitative estimate of drug-likeness (QED) is 0.704. The van der Waals surface area contributed by atoms with Gasteiger partial charge in [0.25, 0.3) is 11.8 Å². The minimum atomic E-state index is -0.928. The van der Waals surface area contributed by atoms with Gasteiger partial charge in [-0.3, -0.25) is 24.1 Å². The molecule has 0 radical (unpaired) electrons. The molecular weight excluding hydrogens is 432 g/mol.